The van der Waals surface area contributed by atoms with Crippen LogP contribution < -0.4 is 4.74 Å². The fourth-order valence-electron chi connectivity index (χ4n) is 2.72. The summed E-state index contributed by atoms with van der Waals surface area (Å²) in [4.78, 5) is 30.0. The van der Waals surface area contributed by atoms with Gasteiger partial charge in [0.15, 0.2) is 5.78 Å². The summed E-state index contributed by atoms with van der Waals surface area (Å²) in [5.74, 6) is 0.123. The lowest BCUT2D eigenvalue weighted by Gasteiger charge is -2.33. The average molecular weight is 343 g/mol. The zero-order valence-electron chi connectivity index (χ0n) is 14.5. The summed E-state index contributed by atoms with van der Waals surface area (Å²) in [5.41, 5.74) is 0.613. The second-order valence-corrected chi connectivity index (χ2v) is 7.05. The Hall–Kier alpha value is -2.77. The molecular formula is C17H21N5O3. The number of aromatic nitrogens is 4. The summed E-state index contributed by atoms with van der Waals surface area (Å²) < 4.78 is 6.97. The number of likely N-dealkylation sites (tertiary alicyclic amines) is 1. The monoisotopic (exact) mass is 343 g/mol. The molecule has 3 rings (SSSR count). The van der Waals surface area contributed by atoms with Gasteiger partial charge in [0.25, 0.3) is 5.88 Å². The van der Waals surface area contributed by atoms with Crippen molar-refractivity contribution in [2.45, 2.75) is 45.2 Å². The normalized spacial score (nSPS) is 18.3. The van der Waals surface area contributed by atoms with Crippen LogP contribution in [-0.2, 0) is 10.3 Å². The van der Waals surface area contributed by atoms with E-state index in [1.54, 1.807) is 23.3 Å². The van der Waals surface area contributed by atoms with Crippen LogP contribution in [0.25, 0.3) is 0 Å². The number of rotatable bonds is 2. The van der Waals surface area contributed by atoms with E-state index in [1.165, 1.54) is 4.90 Å². The Morgan fingerprint density at radius 2 is 2.16 bits per heavy atom. The third-order valence-corrected chi connectivity index (χ3v) is 4.07. The molecule has 1 aliphatic heterocycles. The largest absolute Gasteiger partial charge is 0.417 e. The second-order valence-electron chi connectivity index (χ2n) is 7.05. The van der Waals surface area contributed by atoms with Crippen LogP contribution in [0.3, 0.4) is 0 Å². The molecule has 0 radical (unpaired) electrons. The first-order valence-electron chi connectivity index (χ1n) is 8.17. The third kappa shape index (κ3) is 3.84. The molecule has 8 heteroatoms. The molecule has 1 atom stereocenters. The number of Topliss-reactive ketones (excluding diaryl/α,β-unsaturated/α-hetero) is 1. The number of carbonyl (C=O) groups is 2. The van der Waals surface area contributed by atoms with Crippen molar-refractivity contribution in [1.29, 1.82) is 0 Å². The van der Waals surface area contributed by atoms with E-state index in [4.69, 9.17) is 4.74 Å². The highest BCUT2D eigenvalue weighted by atomic mass is 16.6. The van der Waals surface area contributed by atoms with Gasteiger partial charge in [0.05, 0.1) is 24.3 Å². The second kappa shape index (κ2) is 6.62. The Balaban J connectivity index is 1.78. The minimum atomic E-state index is -0.608. The van der Waals surface area contributed by atoms with Gasteiger partial charge in [-0.25, -0.2) is 9.48 Å². The average Bonchev–Trinajstić information content (AvgIpc) is 3.04. The molecule has 0 aliphatic carbocycles. The number of carbonyl (C=O) groups excluding carboxylic acids is 2. The van der Waals surface area contributed by atoms with E-state index < -0.39 is 6.09 Å². The highest BCUT2D eigenvalue weighted by Gasteiger charge is 2.33. The van der Waals surface area contributed by atoms with E-state index in [2.05, 4.69) is 15.3 Å². The predicted molar refractivity (Wildman–Crippen MR) is 89.0 cm³/mol. The Morgan fingerprint density at radius 1 is 1.36 bits per heavy atom. The van der Waals surface area contributed by atoms with Crippen LogP contribution in [0.4, 0.5) is 4.79 Å². The maximum Gasteiger partial charge on any atom is 0.417 e. The van der Waals surface area contributed by atoms with Crippen LogP contribution in [-0.4, -0.2) is 43.3 Å². The number of ketones is 1. The van der Waals surface area contributed by atoms with Gasteiger partial charge in [0, 0.05) is 18.8 Å². The first-order chi connectivity index (χ1) is 11.8. The van der Waals surface area contributed by atoms with Crippen molar-refractivity contribution in [1.82, 2.24) is 24.9 Å². The molecule has 0 saturated carbocycles. The number of nitrogens with zero attached hydrogens (tertiary/aromatic N) is 5. The molecule has 1 unspecified atom stereocenters. The molecule has 0 N–H and O–H groups in total. The standard InChI is InChI=1S/C17H21N5O3/c1-17(2,3)22-11-15(19-20-22)25-16(24)21-10-13(23)6-7-14(21)12-5-4-8-18-9-12/h4-5,8-9,11,14H,6-7,10H2,1-3H3. The lowest BCUT2D eigenvalue weighted by molar-refractivity contribution is -0.122. The van der Waals surface area contributed by atoms with Crippen molar-refractivity contribution in [3.8, 4) is 5.88 Å². The van der Waals surface area contributed by atoms with E-state index in [1.807, 2.05) is 32.9 Å². The SMILES string of the molecule is CC(C)(C)n1cc(OC(=O)N2CC(=O)CCC2c2cccnc2)nn1. The zero-order valence-corrected chi connectivity index (χ0v) is 14.5. The van der Waals surface area contributed by atoms with Crippen LogP contribution in [0.15, 0.2) is 30.7 Å². The third-order valence-electron chi connectivity index (χ3n) is 4.07. The van der Waals surface area contributed by atoms with Gasteiger partial charge >= 0.3 is 6.09 Å². The number of pyridine rings is 1. The van der Waals surface area contributed by atoms with Crippen LogP contribution >= 0.6 is 0 Å². The molecule has 25 heavy (non-hydrogen) atoms. The number of amides is 1. The van der Waals surface area contributed by atoms with Crippen molar-refractivity contribution >= 4 is 11.9 Å². The summed E-state index contributed by atoms with van der Waals surface area (Å²) >= 11 is 0. The number of ether oxygens (including phenoxy) is 1. The molecule has 3 heterocycles. The van der Waals surface area contributed by atoms with E-state index in [0.717, 1.165) is 5.56 Å². The van der Waals surface area contributed by atoms with Gasteiger partial charge in [0.2, 0.25) is 0 Å². The molecule has 0 aromatic carbocycles. The molecule has 132 valence electrons. The maximum absolute atomic E-state index is 12.6. The van der Waals surface area contributed by atoms with Crippen LogP contribution in [0, 0.1) is 0 Å². The molecule has 1 fully saturated rings. The van der Waals surface area contributed by atoms with Gasteiger partial charge in [-0.1, -0.05) is 16.4 Å². The van der Waals surface area contributed by atoms with Gasteiger partial charge < -0.3 is 4.74 Å². The molecular weight excluding hydrogens is 322 g/mol. The quantitative estimate of drug-likeness (QED) is 0.831. The van der Waals surface area contributed by atoms with Gasteiger partial charge in [-0.3, -0.25) is 14.7 Å². The first-order valence-corrected chi connectivity index (χ1v) is 8.17. The number of hydrogen-bond acceptors (Lipinski definition) is 6. The van der Waals surface area contributed by atoms with Gasteiger partial charge in [-0.05, 0) is 38.8 Å². The zero-order chi connectivity index (χ0) is 18.0. The van der Waals surface area contributed by atoms with E-state index in [9.17, 15) is 9.59 Å². The Kier molecular flexibility index (Phi) is 4.52. The molecule has 2 aromatic rings. The fourth-order valence-corrected chi connectivity index (χ4v) is 2.72. The maximum atomic E-state index is 12.6. The molecule has 0 bridgehead atoms. The van der Waals surface area contributed by atoms with E-state index in [-0.39, 0.29) is 29.8 Å². The van der Waals surface area contributed by atoms with Crippen molar-refractivity contribution < 1.29 is 14.3 Å². The Bertz CT molecular complexity index is 766. The lowest BCUT2D eigenvalue weighted by atomic mass is 9.96. The number of hydrogen-bond donors (Lipinski definition) is 0. The molecule has 1 amide bonds. The van der Waals surface area contributed by atoms with Gasteiger partial charge in [0.1, 0.15) is 0 Å². The summed E-state index contributed by atoms with van der Waals surface area (Å²) in [6.07, 6.45) is 5.32. The minimum absolute atomic E-state index is 0.00966. The first kappa shape index (κ1) is 17.1. The minimum Gasteiger partial charge on any atom is -0.388 e. The van der Waals surface area contributed by atoms with Gasteiger partial charge in [-0.2, -0.15) is 0 Å². The molecule has 1 saturated heterocycles. The molecule has 2 aromatic heterocycles. The Morgan fingerprint density at radius 3 is 2.80 bits per heavy atom. The van der Waals surface area contributed by atoms with Gasteiger partial charge in [-0.15, -0.1) is 0 Å². The van der Waals surface area contributed by atoms with Crippen molar-refractivity contribution in [3.63, 3.8) is 0 Å². The highest BCUT2D eigenvalue weighted by molar-refractivity contribution is 5.86. The van der Waals surface area contributed by atoms with E-state index >= 15 is 0 Å². The fraction of sp³-hybridized carbons (Fsp3) is 0.471. The smallest absolute Gasteiger partial charge is 0.388 e. The topological polar surface area (TPSA) is 90.2 Å². The highest BCUT2D eigenvalue weighted by Crippen LogP contribution is 2.30. The summed E-state index contributed by atoms with van der Waals surface area (Å²) in [5, 5.41) is 7.85. The predicted octanol–water partition coefficient (Wildman–Crippen LogP) is 2.33. The molecule has 8 nitrogen and oxygen atoms in total. The lowest BCUT2D eigenvalue weighted by Crippen LogP contribution is -2.44. The van der Waals surface area contributed by atoms with Crippen molar-refractivity contribution in [2.24, 2.45) is 0 Å². The van der Waals surface area contributed by atoms with Crippen LogP contribution in [0.2, 0.25) is 0 Å². The van der Waals surface area contributed by atoms with Crippen LogP contribution in [0.5, 0.6) is 5.88 Å². The molecule has 0 spiro atoms. The Labute approximate surface area is 145 Å². The summed E-state index contributed by atoms with van der Waals surface area (Å²) in [7, 11) is 0. The van der Waals surface area contributed by atoms with E-state index in [0.29, 0.717) is 12.8 Å². The molecule has 1 aliphatic rings. The van der Waals surface area contributed by atoms with Crippen LogP contribution in [0.1, 0.15) is 45.2 Å². The summed E-state index contributed by atoms with van der Waals surface area (Å²) in [6, 6.07) is 3.46. The van der Waals surface area contributed by atoms with Crippen molar-refractivity contribution in [3.05, 3.63) is 36.3 Å². The summed E-state index contributed by atoms with van der Waals surface area (Å²) in [6.45, 7) is 5.92. The number of piperidine rings is 1. The van der Waals surface area contributed by atoms with Crippen molar-refractivity contribution in [2.75, 3.05) is 6.54 Å².